The minimum absolute atomic E-state index is 0. The molecule has 0 bridgehead atoms. The fraction of sp³-hybridized carbons (Fsp3) is 0.611. The fourth-order valence-corrected chi connectivity index (χ4v) is 3.99. The largest absolute Gasteiger partial charge is 0.355 e. The van der Waals surface area contributed by atoms with Gasteiger partial charge in [-0.1, -0.05) is 18.6 Å². The average Bonchev–Trinajstić information content (AvgIpc) is 2.93. The number of benzene rings is 1. The maximum atomic E-state index is 12.8. The van der Waals surface area contributed by atoms with E-state index in [9.17, 15) is 9.18 Å². The number of nitrogens with two attached hydrogens (primary N) is 1. The first-order chi connectivity index (χ1) is 11.1. The van der Waals surface area contributed by atoms with Crippen LogP contribution in [0.15, 0.2) is 24.3 Å². The lowest BCUT2D eigenvalue weighted by molar-refractivity contribution is -0.122. The van der Waals surface area contributed by atoms with Crippen LogP contribution in [0, 0.1) is 17.7 Å². The molecule has 2 aliphatic rings. The molecule has 0 spiro atoms. The highest BCUT2D eigenvalue weighted by Gasteiger charge is 2.38. The minimum atomic E-state index is -0.230. The lowest BCUT2D eigenvalue weighted by Crippen LogP contribution is -2.39. The summed E-state index contributed by atoms with van der Waals surface area (Å²) in [6.45, 7) is 3.01. The summed E-state index contributed by atoms with van der Waals surface area (Å²) in [5, 5.41) is 2.96. The average molecular weight is 356 g/mol. The van der Waals surface area contributed by atoms with Crippen LogP contribution in [0.2, 0.25) is 0 Å². The fourth-order valence-electron chi connectivity index (χ4n) is 3.99. The zero-order chi connectivity index (χ0) is 16.2. The molecule has 134 valence electrons. The number of likely N-dealkylation sites (tertiary alicyclic amines) is 1. The van der Waals surface area contributed by atoms with Crippen LogP contribution in [0.5, 0.6) is 0 Å². The number of carbonyl (C=O) groups excluding carboxylic acids is 1. The molecule has 1 aromatic rings. The van der Waals surface area contributed by atoms with Gasteiger partial charge in [-0.2, -0.15) is 0 Å². The number of nitrogens with zero attached hydrogens (tertiary/aromatic N) is 1. The second-order valence-corrected chi connectivity index (χ2v) is 6.94. The quantitative estimate of drug-likeness (QED) is 0.849. The molecule has 0 aromatic heterocycles. The van der Waals surface area contributed by atoms with Crippen molar-refractivity contribution in [1.82, 2.24) is 10.2 Å². The van der Waals surface area contributed by atoms with E-state index in [0.29, 0.717) is 31.0 Å². The zero-order valence-electron chi connectivity index (χ0n) is 13.9. The standard InChI is InChI=1S/C18H26FN3O.ClH/c19-15-6-4-13(5-7-15)8-9-21-18(23)12-22-10-14-2-1-3-17(20)16(14)11-22;/h4-7,14,16-17H,1-3,8-12,20H2,(H,21,23);1H. The Hall–Kier alpha value is -1.17. The summed E-state index contributed by atoms with van der Waals surface area (Å²) in [6.07, 6.45) is 4.32. The van der Waals surface area contributed by atoms with E-state index >= 15 is 0 Å². The highest BCUT2D eigenvalue weighted by atomic mass is 35.5. The van der Waals surface area contributed by atoms with Crippen LogP contribution in [0.3, 0.4) is 0 Å². The molecule has 1 saturated heterocycles. The number of amides is 1. The molecule has 6 heteroatoms. The molecule has 1 aliphatic heterocycles. The summed E-state index contributed by atoms with van der Waals surface area (Å²) in [5.41, 5.74) is 7.25. The van der Waals surface area contributed by atoms with Crippen molar-refractivity contribution in [2.75, 3.05) is 26.2 Å². The van der Waals surface area contributed by atoms with Gasteiger partial charge in [-0.25, -0.2) is 4.39 Å². The number of halogens is 2. The molecule has 24 heavy (non-hydrogen) atoms. The molecular weight excluding hydrogens is 329 g/mol. The number of hydrogen-bond acceptors (Lipinski definition) is 3. The highest BCUT2D eigenvalue weighted by molar-refractivity contribution is 5.85. The van der Waals surface area contributed by atoms with Crippen LogP contribution >= 0.6 is 12.4 Å². The molecule has 3 N–H and O–H groups in total. The molecule has 1 saturated carbocycles. The maximum Gasteiger partial charge on any atom is 0.234 e. The smallest absolute Gasteiger partial charge is 0.234 e. The lowest BCUT2D eigenvalue weighted by Gasteiger charge is -2.29. The van der Waals surface area contributed by atoms with Crippen LogP contribution in [0.1, 0.15) is 24.8 Å². The lowest BCUT2D eigenvalue weighted by atomic mass is 9.78. The molecule has 1 aliphatic carbocycles. The Kier molecular flexibility index (Phi) is 7.02. The van der Waals surface area contributed by atoms with Gasteiger partial charge in [0.25, 0.3) is 0 Å². The van der Waals surface area contributed by atoms with Crippen LogP contribution < -0.4 is 11.1 Å². The first kappa shape index (κ1) is 19.2. The van der Waals surface area contributed by atoms with Gasteiger partial charge in [-0.15, -0.1) is 12.4 Å². The Morgan fingerprint density at radius 2 is 2.00 bits per heavy atom. The summed E-state index contributed by atoms with van der Waals surface area (Å²) in [4.78, 5) is 14.3. The van der Waals surface area contributed by atoms with Gasteiger partial charge in [0.15, 0.2) is 0 Å². The van der Waals surface area contributed by atoms with Crippen molar-refractivity contribution < 1.29 is 9.18 Å². The topological polar surface area (TPSA) is 58.4 Å². The first-order valence-corrected chi connectivity index (χ1v) is 8.61. The predicted molar refractivity (Wildman–Crippen MR) is 95.6 cm³/mol. The van der Waals surface area contributed by atoms with Crippen LogP contribution in [0.25, 0.3) is 0 Å². The van der Waals surface area contributed by atoms with Gasteiger partial charge in [-0.05, 0) is 48.8 Å². The summed E-state index contributed by atoms with van der Waals surface area (Å²) >= 11 is 0. The Balaban J connectivity index is 0.00000208. The minimum Gasteiger partial charge on any atom is -0.355 e. The Labute approximate surface area is 149 Å². The Morgan fingerprint density at radius 3 is 2.71 bits per heavy atom. The van der Waals surface area contributed by atoms with Crippen molar-refractivity contribution in [2.24, 2.45) is 17.6 Å². The van der Waals surface area contributed by atoms with E-state index in [4.69, 9.17) is 5.73 Å². The molecular formula is C18H27ClFN3O. The van der Waals surface area contributed by atoms with E-state index in [-0.39, 0.29) is 24.1 Å². The Morgan fingerprint density at radius 1 is 1.25 bits per heavy atom. The van der Waals surface area contributed by atoms with Gasteiger partial charge >= 0.3 is 0 Å². The number of rotatable bonds is 5. The van der Waals surface area contributed by atoms with Crippen LogP contribution in [0.4, 0.5) is 4.39 Å². The van der Waals surface area contributed by atoms with Gasteiger partial charge in [0.05, 0.1) is 6.54 Å². The van der Waals surface area contributed by atoms with E-state index < -0.39 is 0 Å². The monoisotopic (exact) mass is 355 g/mol. The van der Waals surface area contributed by atoms with Crippen molar-refractivity contribution in [2.45, 2.75) is 31.7 Å². The zero-order valence-corrected chi connectivity index (χ0v) is 14.7. The van der Waals surface area contributed by atoms with Crippen LogP contribution in [-0.4, -0.2) is 43.0 Å². The van der Waals surface area contributed by atoms with E-state index in [0.717, 1.165) is 31.5 Å². The molecule has 4 nitrogen and oxygen atoms in total. The third kappa shape index (κ3) is 4.91. The highest BCUT2D eigenvalue weighted by Crippen LogP contribution is 2.35. The Bertz CT molecular complexity index is 540. The van der Waals surface area contributed by atoms with Crippen LogP contribution in [-0.2, 0) is 11.2 Å². The number of nitrogens with one attached hydrogen (secondary N) is 1. The van der Waals surface area contributed by atoms with Crippen molar-refractivity contribution in [3.8, 4) is 0 Å². The van der Waals surface area contributed by atoms with Gasteiger partial charge in [0, 0.05) is 25.7 Å². The first-order valence-electron chi connectivity index (χ1n) is 8.61. The van der Waals surface area contributed by atoms with Crippen molar-refractivity contribution in [3.63, 3.8) is 0 Å². The third-order valence-electron chi connectivity index (χ3n) is 5.25. The molecule has 3 unspecified atom stereocenters. The van der Waals surface area contributed by atoms with Crippen molar-refractivity contribution >= 4 is 18.3 Å². The molecule has 3 rings (SSSR count). The van der Waals surface area contributed by atoms with Gasteiger partial charge in [0.2, 0.25) is 5.91 Å². The third-order valence-corrected chi connectivity index (χ3v) is 5.25. The molecule has 2 fully saturated rings. The normalized spacial score (nSPS) is 26.5. The maximum absolute atomic E-state index is 12.8. The predicted octanol–water partition coefficient (Wildman–Crippen LogP) is 1.97. The number of hydrogen-bond donors (Lipinski definition) is 2. The summed E-state index contributed by atoms with van der Waals surface area (Å²) < 4.78 is 12.8. The van der Waals surface area contributed by atoms with Crippen molar-refractivity contribution in [3.05, 3.63) is 35.6 Å². The van der Waals surface area contributed by atoms with Gasteiger partial charge in [-0.3, -0.25) is 9.69 Å². The molecule has 3 atom stereocenters. The van der Waals surface area contributed by atoms with E-state index in [2.05, 4.69) is 10.2 Å². The summed E-state index contributed by atoms with van der Waals surface area (Å²) in [6, 6.07) is 6.72. The number of carbonyl (C=O) groups is 1. The SMILES string of the molecule is Cl.NC1CCCC2CN(CC(=O)NCCc3ccc(F)cc3)CC12. The number of fused-ring (bicyclic) bond motifs is 1. The molecule has 1 amide bonds. The van der Waals surface area contributed by atoms with E-state index in [1.165, 1.54) is 25.0 Å². The second kappa shape index (κ2) is 8.79. The van der Waals surface area contributed by atoms with Gasteiger partial charge < -0.3 is 11.1 Å². The summed E-state index contributed by atoms with van der Waals surface area (Å²) in [7, 11) is 0. The molecule has 0 radical (unpaired) electrons. The summed E-state index contributed by atoms with van der Waals surface area (Å²) in [5.74, 6) is 1.08. The van der Waals surface area contributed by atoms with Gasteiger partial charge in [0.1, 0.15) is 5.82 Å². The van der Waals surface area contributed by atoms with Crippen molar-refractivity contribution in [1.29, 1.82) is 0 Å². The van der Waals surface area contributed by atoms with E-state index in [1.807, 2.05) is 0 Å². The molecule has 1 heterocycles. The van der Waals surface area contributed by atoms with E-state index in [1.54, 1.807) is 12.1 Å². The molecule has 1 aromatic carbocycles. The second-order valence-electron chi connectivity index (χ2n) is 6.94.